The van der Waals surface area contributed by atoms with Gasteiger partial charge in [-0.3, -0.25) is 4.57 Å². The Morgan fingerprint density at radius 2 is 2.41 bits per heavy atom. The summed E-state index contributed by atoms with van der Waals surface area (Å²) in [6.07, 6.45) is 6.88. The number of hydrogen-bond acceptors (Lipinski definition) is 5. The fraction of sp³-hybridized carbons (Fsp3) is 0.700. The van der Waals surface area contributed by atoms with Crippen molar-refractivity contribution in [2.24, 2.45) is 7.05 Å². The summed E-state index contributed by atoms with van der Waals surface area (Å²) in [6, 6.07) is 0.321. The van der Waals surface area contributed by atoms with Crippen LogP contribution in [0.1, 0.15) is 19.3 Å². The highest BCUT2D eigenvalue weighted by Crippen LogP contribution is 2.32. The number of nitrogens with one attached hydrogen (secondary N) is 1. The van der Waals surface area contributed by atoms with E-state index in [0.29, 0.717) is 17.1 Å². The zero-order chi connectivity index (χ0) is 12.4. The SMILES string of the molecule is CSC1CCC(Nc2c([N+](=O)[O-])ncn2C)C1. The van der Waals surface area contributed by atoms with Crippen molar-refractivity contribution < 1.29 is 4.92 Å². The number of thioether (sulfide) groups is 1. The Morgan fingerprint density at radius 1 is 1.65 bits per heavy atom. The third-order valence-electron chi connectivity index (χ3n) is 3.15. The van der Waals surface area contributed by atoms with Crippen molar-refractivity contribution in [3.63, 3.8) is 0 Å². The van der Waals surface area contributed by atoms with Gasteiger partial charge in [0.25, 0.3) is 0 Å². The molecule has 1 aromatic heterocycles. The van der Waals surface area contributed by atoms with Gasteiger partial charge in [0.1, 0.15) is 0 Å². The second-order valence-corrected chi connectivity index (χ2v) is 5.43. The first-order valence-electron chi connectivity index (χ1n) is 5.57. The van der Waals surface area contributed by atoms with Crippen molar-refractivity contribution >= 4 is 23.4 Å². The lowest BCUT2D eigenvalue weighted by molar-refractivity contribution is -0.388. The number of aromatic nitrogens is 2. The van der Waals surface area contributed by atoms with Crippen LogP contribution < -0.4 is 5.32 Å². The molecule has 1 N–H and O–H groups in total. The Hall–Kier alpha value is -1.24. The number of hydrogen-bond donors (Lipinski definition) is 1. The van der Waals surface area contributed by atoms with E-state index in [1.807, 2.05) is 11.8 Å². The van der Waals surface area contributed by atoms with Gasteiger partial charge < -0.3 is 15.4 Å². The maximum absolute atomic E-state index is 10.8. The fourth-order valence-corrected chi connectivity index (χ4v) is 2.99. The van der Waals surface area contributed by atoms with Crippen LogP contribution in [0, 0.1) is 10.1 Å². The second-order valence-electron chi connectivity index (χ2n) is 4.30. The van der Waals surface area contributed by atoms with Crippen LogP contribution in [0.25, 0.3) is 0 Å². The predicted octanol–water partition coefficient (Wildman–Crippen LogP) is 2.02. The number of aryl methyl sites for hydroxylation is 1. The minimum Gasteiger partial charge on any atom is -0.362 e. The molecule has 2 unspecified atom stereocenters. The van der Waals surface area contributed by atoms with Crippen LogP contribution in [0.5, 0.6) is 0 Å². The Balaban J connectivity index is 2.08. The topological polar surface area (TPSA) is 73.0 Å². The monoisotopic (exact) mass is 256 g/mol. The highest BCUT2D eigenvalue weighted by molar-refractivity contribution is 7.99. The van der Waals surface area contributed by atoms with E-state index in [9.17, 15) is 10.1 Å². The van der Waals surface area contributed by atoms with Crippen LogP contribution in [0.4, 0.5) is 11.6 Å². The number of nitro groups is 1. The van der Waals surface area contributed by atoms with Gasteiger partial charge in [0.05, 0.1) is 0 Å². The number of rotatable bonds is 4. The summed E-state index contributed by atoms with van der Waals surface area (Å²) < 4.78 is 1.67. The zero-order valence-corrected chi connectivity index (χ0v) is 10.7. The molecule has 2 rings (SSSR count). The maximum atomic E-state index is 10.8. The summed E-state index contributed by atoms with van der Waals surface area (Å²) >= 11 is 1.87. The van der Waals surface area contributed by atoms with Gasteiger partial charge in [0.2, 0.25) is 12.1 Å². The van der Waals surface area contributed by atoms with Gasteiger partial charge in [-0.1, -0.05) is 0 Å². The van der Waals surface area contributed by atoms with E-state index in [0.717, 1.165) is 12.8 Å². The van der Waals surface area contributed by atoms with E-state index < -0.39 is 4.92 Å². The lowest BCUT2D eigenvalue weighted by atomic mass is 10.2. The first kappa shape index (κ1) is 12.2. The summed E-state index contributed by atoms with van der Waals surface area (Å²) in [7, 11) is 1.77. The minimum absolute atomic E-state index is 0.0832. The third-order valence-corrected chi connectivity index (χ3v) is 4.24. The number of imidazole rings is 1. The van der Waals surface area contributed by atoms with Crippen LogP contribution in [-0.2, 0) is 7.05 Å². The van der Waals surface area contributed by atoms with Gasteiger partial charge >= 0.3 is 5.82 Å². The molecule has 94 valence electrons. The molecule has 1 saturated carbocycles. The van der Waals surface area contributed by atoms with Crippen molar-refractivity contribution in [3.8, 4) is 0 Å². The normalized spacial score (nSPS) is 23.9. The molecule has 0 aliphatic heterocycles. The fourth-order valence-electron chi connectivity index (χ4n) is 2.20. The molecule has 1 aromatic rings. The molecule has 1 fully saturated rings. The molecule has 2 atom stereocenters. The molecule has 0 bridgehead atoms. The number of anilines is 1. The summed E-state index contributed by atoms with van der Waals surface area (Å²) in [5.41, 5.74) is 0. The summed E-state index contributed by atoms with van der Waals surface area (Å²) in [4.78, 5) is 14.2. The van der Waals surface area contributed by atoms with Gasteiger partial charge in [-0.25, -0.2) is 0 Å². The molecule has 0 aromatic carbocycles. The van der Waals surface area contributed by atoms with Crippen molar-refractivity contribution in [1.82, 2.24) is 9.55 Å². The van der Waals surface area contributed by atoms with E-state index in [2.05, 4.69) is 16.6 Å². The van der Waals surface area contributed by atoms with E-state index in [1.165, 1.54) is 12.7 Å². The largest absolute Gasteiger partial charge is 0.406 e. The molecule has 0 spiro atoms. The van der Waals surface area contributed by atoms with Crippen LogP contribution in [0.15, 0.2) is 6.33 Å². The second kappa shape index (κ2) is 4.95. The van der Waals surface area contributed by atoms with Gasteiger partial charge in [-0.05, 0) is 35.4 Å². The van der Waals surface area contributed by atoms with Gasteiger partial charge in [-0.2, -0.15) is 11.8 Å². The molecule has 17 heavy (non-hydrogen) atoms. The molecule has 0 amide bonds. The van der Waals surface area contributed by atoms with E-state index in [1.54, 1.807) is 11.6 Å². The smallest absolute Gasteiger partial charge is 0.362 e. The van der Waals surface area contributed by atoms with E-state index >= 15 is 0 Å². The highest BCUT2D eigenvalue weighted by atomic mass is 32.2. The molecular weight excluding hydrogens is 240 g/mol. The van der Waals surface area contributed by atoms with Gasteiger partial charge in [-0.15, -0.1) is 0 Å². The van der Waals surface area contributed by atoms with E-state index in [-0.39, 0.29) is 5.82 Å². The lowest BCUT2D eigenvalue weighted by Gasteiger charge is -2.13. The molecule has 7 heteroatoms. The molecular formula is C10H16N4O2S. The van der Waals surface area contributed by atoms with Crippen LogP contribution in [0.2, 0.25) is 0 Å². The predicted molar refractivity (Wildman–Crippen MR) is 68.4 cm³/mol. The number of nitrogens with zero attached hydrogens (tertiary/aromatic N) is 3. The molecule has 6 nitrogen and oxygen atoms in total. The molecule has 1 aliphatic carbocycles. The van der Waals surface area contributed by atoms with Crippen molar-refractivity contribution in [3.05, 3.63) is 16.4 Å². The summed E-state index contributed by atoms with van der Waals surface area (Å²) in [5.74, 6) is 0.432. The van der Waals surface area contributed by atoms with Crippen LogP contribution in [-0.4, -0.2) is 32.0 Å². The average Bonchev–Trinajstić information content (AvgIpc) is 2.87. The van der Waals surface area contributed by atoms with Crippen LogP contribution in [0.3, 0.4) is 0 Å². The lowest BCUT2D eigenvalue weighted by Crippen LogP contribution is -2.18. The Kier molecular flexibility index (Phi) is 3.56. The quantitative estimate of drug-likeness (QED) is 0.659. The first-order valence-corrected chi connectivity index (χ1v) is 6.85. The van der Waals surface area contributed by atoms with Crippen LogP contribution >= 0.6 is 11.8 Å². The molecule has 1 aliphatic rings. The Bertz CT molecular complexity index is 420. The van der Waals surface area contributed by atoms with Crippen molar-refractivity contribution in [1.29, 1.82) is 0 Å². The first-order chi connectivity index (χ1) is 8.11. The third kappa shape index (κ3) is 2.54. The summed E-state index contributed by atoms with van der Waals surface area (Å²) in [6.45, 7) is 0. The van der Waals surface area contributed by atoms with Gasteiger partial charge in [0, 0.05) is 18.3 Å². The summed E-state index contributed by atoms with van der Waals surface area (Å²) in [5, 5.41) is 14.7. The highest BCUT2D eigenvalue weighted by Gasteiger charge is 2.28. The Labute approximate surface area is 104 Å². The zero-order valence-electron chi connectivity index (χ0n) is 9.92. The van der Waals surface area contributed by atoms with Crippen molar-refractivity contribution in [2.75, 3.05) is 11.6 Å². The average molecular weight is 256 g/mol. The standard InChI is InChI=1S/C10H16N4O2S/c1-13-6-11-9(14(15)16)10(13)12-7-3-4-8(5-7)17-2/h6-8,12H,3-5H2,1-2H3. The molecule has 0 saturated heterocycles. The van der Waals surface area contributed by atoms with Crippen molar-refractivity contribution in [2.45, 2.75) is 30.6 Å². The maximum Gasteiger partial charge on any atom is 0.406 e. The molecule has 1 heterocycles. The Morgan fingerprint density at radius 3 is 3.00 bits per heavy atom. The van der Waals surface area contributed by atoms with Gasteiger partial charge in [0.15, 0.2) is 0 Å². The minimum atomic E-state index is -0.441. The molecule has 0 radical (unpaired) electrons. The van der Waals surface area contributed by atoms with E-state index in [4.69, 9.17) is 0 Å².